The number of ether oxygens (including phenoxy) is 1. The van der Waals surface area contributed by atoms with Gasteiger partial charge in [0.25, 0.3) is 0 Å². The molecule has 0 aliphatic rings. The average molecular weight is 886 g/mol. The Morgan fingerprint density at radius 3 is 1.36 bits per heavy atom. The van der Waals surface area contributed by atoms with E-state index in [2.05, 4.69) is 43.5 Å². The molecule has 0 spiro atoms. The first-order valence-corrected chi connectivity index (χ1v) is 26.4. The standard InChI is InChI=1S/C49H92NO10P/c1-3-5-7-9-11-13-15-17-19-21-22-23-24-25-27-29-31-33-35-37-39-41-48(53)58-42-45(51)43-59-61(56,57)60-44-46(49(54)55)50-47(52)40-38-36-34-32-30-28-26-20-18-16-14-12-10-8-6-4-2/h11,13,17,19,45-46,51H,3-10,12,14-16,18,20-44H2,1-2H3,(H,50,52)(H,54,55)(H,56,57)/b13-11-,19-17-. The van der Waals surface area contributed by atoms with Crippen LogP contribution in [0.5, 0.6) is 0 Å². The van der Waals surface area contributed by atoms with Crippen molar-refractivity contribution in [3.8, 4) is 0 Å². The van der Waals surface area contributed by atoms with Crippen LogP contribution in [-0.4, -0.2) is 64.9 Å². The van der Waals surface area contributed by atoms with E-state index in [9.17, 15) is 34.1 Å². The van der Waals surface area contributed by atoms with Gasteiger partial charge in [0.1, 0.15) is 12.7 Å². The quantitative estimate of drug-likeness (QED) is 0.0200. The summed E-state index contributed by atoms with van der Waals surface area (Å²) in [5.74, 6) is -2.36. The highest BCUT2D eigenvalue weighted by molar-refractivity contribution is 7.47. The maximum atomic E-state index is 12.3. The maximum absolute atomic E-state index is 12.3. The van der Waals surface area contributed by atoms with E-state index in [1.807, 2.05) is 0 Å². The third kappa shape index (κ3) is 44.4. The SMILES string of the molecule is CCCCC/C=C\C/C=C\CCCCCCCCCCCCCC(=O)OCC(O)COP(=O)(O)OCC(NC(=O)CCCCCCCCCCCCCCCCCC)C(=O)O. The fourth-order valence-corrected chi connectivity index (χ4v) is 7.88. The lowest BCUT2D eigenvalue weighted by molar-refractivity contribution is -0.147. The lowest BCUT2D eigenvalue weighted by atomic mass is 10.0. The molecule has 61 heavy (non-hydrogen) atoms. The van der Waals surface area contributed by atoms with Gasteiger partial charge in [-0.15, -0.1) is 0 Å². The number of nitrogens with one attached hydrogen (secondary N) is 1. The number of aliphatic hydroxyl groups is 1. The molecule has 0 aromatic carbocycles. The van der Waals surface area contributed by atoms with Crippen molar-refractivity contribution in [3.05, 3.63) is 24.3 Å². The van der Waals surface area contributed by atoms with Gasteiger partial charge in [-0.2, -0.15) is 0 Å². The predicted molar refractivity (Wildman–Crippen MR) is 249 cm³/mol. The molecule has 0 bridgehead atoms. The highest BCUT2D eigenvalue weighted by Crippen LogP contribution is 2.43. The highest BCUT2D eigenvalue weighted by atomic mass is 31.2. The molecule has 0 fully saturated rings. The number of phosphoric ester groups is 1. The molecule has 12 heteroatoms. The number of unbranched alkanes of at least 4 members (excludes halogenated alkanes) is 29. The number of carbonyl (C=O) groups is 3. The Kier molecular flexibility index (Phi) is 43.1. The first-order valence-electron chi connectivity index (χ1n) is 24.9. The fourth-order valence-electron chi connectivity index (χ4n) is 7.11. The number of hydrogen-bond acceptors (Lipinski definition) is 8. The van der Waals surface area contributed by atoms with Gasteiger partial charge in [-0.3, -0.25) is 18.6 Å². The molecule has 11 nitrogen and oxygen atoms in total. The zero-order chi connectivity index (χ0) is 44.9. The van der Waals surface area contributed by atoms with Crippen LogP contribution in [0.15, 0.2) is 24.3 Å². The minimum atomic E-state index is -4.76. The number of carboxylic acids is 1. The normalized spacial score (nSPS) is 13.8. The molecule has 0 radical (unpaired) electrons. The van der Waals surface area contributed by atoms with E-state index in [1.54, 1.807) is 0 Å². The monoisotopic (exact) mass is 886 g/mol. The summed E-state index contributed by atoms with van der Waals surface area (Å²) in [7, 11) is -4.76. The summed E-state index contributed by atoms with van der Waals surface area (Å²) in [6, 6.07) is -1.54. The number of aliphatic carboxylic acids is 1. The summed E-state index contributed by atoms with van der Waals surface area (Å²) < 4.78 is 26.9. The number of allylic oxidation sites excluding steroid dienone is 4. The molecule has 0 saturated carbocycles. The molecule has 0 rings (SSSR count). The van der Waals surface area contributed by atoms with E-state index >= 15 is 0 Å². The van der Waals surface area contributed by atoms with Crippen molar-refractivity contribution in [3.63, 3.8) is 0 Å². The van der Waals surface area contributed by atoms with E-state index in [-0.39, 0.29) is 12.8 Å². The number of aliphatic hydroxyl groups excluding tert-OH is 1. The van der Waals surface area contributed by atoms with Gasteiger partial charge in [-0.05, 0) is 44.9 Å². The minimum absolute atomic E-state index is 0.150. The second-order valence-corrected chi connectivity index (χ2v) is 18.5. The molecule has 3 unspecified atom stereocenters. The molecular weight excluding hydrogens is 794 g/mol. The van der Waals surface area contributed by atoms with Crippen molar-refractivity contribution in [1.29, 1.82) is 0 Å². The molecule has 3 atom stereocenters. The number of hydrogen-bond donors (Lipinski definition) is 4. The van der Waals surface area contributed by atoms with E-state index in [4.69, 9.17) is 13.8 Å². The third-order valence-electron chi connectivity index (χ3n) is 11.0. The number of carbonyl (C=O) groups excluding carboxylic acids is 2. The second-order valence-electron chi connectivity index (χ2n) is 17.0. The number of phosphoric acid groups is 1. The van der Waals surface area contributed by atoms with Crippen LogP contribution in [0.2, 0.25) is 0 Å². The first-order chi connectivity index (χ1) is 29.6. The highest BCUT2D eigenvalue weighted by Gasteiger charge is 2.28. The van der Waals surface area contributed by atoms with Gasteiger partial charge in [0, 0.05) is 12.8 Å². The van der Waals surface area contributed by atoms with Crippen LogP contribution in [0.25, 0.3) is 0 Å². The van der Waals surface area contributed by atoms with E-state index in [1.165, 1.54) is 154 Å². The Hall–Kier alpha value is -2.04. The predicted octanol–water partition coefficient (Wildman–Crippen LogP) is 13.4. The van der Waals surface area contributed by atoms with E-state index < -0.39 is 57.6 Å². The molecular formula is C49H92NO10P. The summed E-state index contributed by atoms with van der Waals surface area (Å²) >= 11 is 0. The molecule has 0 saturated heterocycles. The number of amides is 1. The Balaban J connectivity index is 3.81. The van der Waals surface area contributed by atoms with Crippen LogP contribution in [0.1, 0.15) is 239 Å². The zero-order valence-corrected chi connectivity index (χ0v) is 39.9. The summed E-state index contributed by atoms with van der Waals surface area (Å²) in [5, 5.41) is 21.9. The van der Waals surface area contributed by atoms with Crippen molar-refractivity contribution >= 4 is 25.7 Å². The summed E-state index contributed by atoms with van der Waals surface area (Å²) in [5.41, 5.74) is 0. The largest absolute Gasteiger partial charge is 0.480 e. The first kappa shape index (κ1) is 59.0. The second kappa shape index (κ2) is 44.6. The van der Waals surface area contributed by atoms with Gasteiger partial charge in [0.05, 0.1) is 13.2 Å². The molecule has 0 heterocycles. The van der Waals surface area contributed by atoms with Gasteiger partial charge in [0.2, 0.25) is 5.91 Å². The van der Waals surface area contributed by atoms with E-state index in [0.29, 0.717) is 12.8 Å². The van der Waals surface area contributed by atoms with E-state index in [0.717, 1.165) is 44.9 Å². The summed E-state index contributed by atoms with van der Waals surface area (Å²) in [6.45, 7) is 2.60. The maximum Gasteiger partial charge on any atom is 0.472 e. The van der Waals surface area contributed by atoms with Gasteiger partial charge >= 0.3 is 19.8 Å². The van der Waals surface area contributed by atoms with Gasteiger partial charge in [-0.1, -0.05) is 205 Å². The number of rotatable bonds is 47. The fraction of sp³-hybridized carbons (Fsp3) is 0.857. The molecule has 0 aromatic rings. The Bertz CT molecular complexity index is 1130. The summed E-state index contributed by atoms with van der Waals surface area (Å²) in [4.78, 5) is 46.1. The lowest BCUT2D eigenvalue weighted by Crippen LogP contribution is -2.43. The lowest BCUT2D eigenvalue weighted by Gasteiger charge is -2.18. The van der Waals surface area contributed by atoms with Crippen molar-refractivity contribution < 1.29 is 47.8 Å². The zero-order valence-electron chi connectivity index (χ0n) is 39.0. The average Bonchev–Trinajstić information content (AvgIpc) is 3.24. The van der Waals surface area contributed by atoms with Crippen LogP contribution in [-0.2, 0) is 32.7 Å². The van der Waals surface area contributed by atoms with Gasteiger partial charge in [0.15, 0.2) is 6.04 Å². The number of esters is 1. The van der Waals surface area contributed by atoms with Crippen molar-refractivity contribution in [2.75, 3.05) is 19.8 Å². The van der Waals surface area contributed by atoms with Crippen LogP contribution in [0.4, 0.5) is 0 Å². The minimum Gasteiger partial charge on any atom is -0.480 e. The molecule has 0 aromatic heterocycles. The van der Waals surface area contributed by atoms with Gasteiger partial charge < -0.3 is 25.2 Å². The van der Waals surface area contributed by atoms with Crippen LogP contribution in [0.3, 0.4) is 0 Å². The van der Waals surface area contributed by atoms with Gasteiger partial charge in [-0.25, -0.2) is 9.36 Å². The third-order valence-corrected chi connectivity index (χ3v) is 11.9. The van der Waals surface area contributed by atoms with Crippen molar-refractivity contribution in [2.45, 2.75) is 251 Å². The molecule has 0 aliphatic heterocycles. The molecule has 4 N–H and O–H groups in total. The Labute approximate surface area is 372 Å². The summed E-state index contributed by atoms with van der Waals surface area (Å²) in [6.07, 6.45) is 47.7. The molecule has 0 aliphatic carbocycles. The number of carboxylic acid groups (broad SMARTS) is 1. The van der Waals surface area contributed by atoms with Crippen LogP contribution in [0, 0.1) is 0 Å². The van der Waals surface area contributed by atoms with Crippen molar-refractivity contribution in [1.82, 2.24) is 5.32 Å². The topological polar surface area (TPSA) is 169 Å². The Morgan fingerprint density at radius 1 is 0.525 bits per heavy atom. The Morgan fingerprint density at radius 2 is 0.902 bits per heavy atom. The van der Waals surface area contributed by atoms with Crippen LogP contribution < -0.4 is 5.32 Å². The molecule has 358 valence electrons. The van der Waals surface area contributed by atoms with Crippen LogP contribution >= 0.6 is 7.82 Å². The van der Waals surface area contributed by atoms with Crippen molar-refractivity contribution in [2.24, 2.45) is 0 Å². The smallest absolute Gasteiger partial charge is 0.472 e. The molecule has 1 amide bonds.